The molecule has 0 spiro atoms. The van der Waals surface area contributed by atoms with Crippen LogP contribution in [-0.4, -0.2) is 18.2 Å². The zero-order valence-corrected chi connectivity index (χ0v) is 13.7. The number of aliphatic carboxylic acids is 1. The van der Waals surface area contributed by atoms with Gasteiger partial charge in [0.25, 0.3) is 0 Å². The van der Waals surface area contributed by atoms with Crippen molar-refractivity contribution in [2.24, 2.45) is 0 Å². The summed E-state index contributed by atoms with van der Waals surface area (Å²) in [5.74, 6) is 0.0427. The first kappa shape index (κ1) is 15.9. The van der Waals surface area contributed by atoms with Crippen LogP contribution in [-0.2, 0) is 15.6 Å². The maximum absolute atomic E-state index is 12.0. The van der Waals surface area contributed by atoms with Crippen molar-refractivity contribution in [3.63, 3.8) is 0 Å². The third-order valence-electron chi connectivity index (χ3n) is 4.63. The molecule has 0 aliphatic heterocycles. The Bertz CT molecular complexity index is 546. The minimum absolute atomic E-state index is 0.0790. The highest BCUT2D eigenvalue weighted by Crippen LogP contribution is 2.48. The SMILES string of the molecule is COc1c(C(C)(C)C)cc(C)cc1C1(C(=O)O)CCCC1. The molecule has 2 rings (SSSR count). The molecule has 1 saturated carbocycles. The molecule has 0 heterocycles. The van der Waals surface area contributed by atoms with Gasteiger partial charge in [-0.05, 0) is 25.2 Å². The maximum Gasteiger partial charge on any atom is 0.314 e. The normalized spacial score (nSPS) is 17.8. The molecule has 1 fully saturated rings. The smallest absolute Gasteiger partial charge is 0.314 e. The molecular formula is C18H26O3. The average Bonchev–Trinajstić information content (AvgIpc) is 2.87. The van der Waals surface area contributed by atoms with Crippen molar-refractivity contribution < 1.29 is 14.6 Å². The molecule has 1 aromatic carbocycles. The minimum atomic E-state index is -0.780. The van der Waals surface area contributed by atoms with Crippen LogP contribution in [0.5, 0.6) is 5.75 Å². The molecular weight excluding hydrogens is 264 g/mol. The second kappa shape index (κ2) is 5.36. The Hall–Kier alpha value is -1.51. The summed E-state index contributed by atoms with van der Waals surface area (Å²) in [6.45, 7) is 8.44. The molecule has 1 aliphatic rings. The van der Waals surface area contributed by atoms with Gasteiger partial charge in [-0.1, -0.05) is 51.3 Å². The summed E-state index contributed by atoms with van der Waals surface area (Å²) in [5.41, 5.74) is 2.19. The van der Waals surface area contributed by atoms with E-state index in [1.807, 2.05) is 13.0 Å². The Kier molecular flexibility index (Phi) is 4.05. The molecule has 1 aromatic rings. The molecule has 3 heteroatoms. The molecule has 0 amide bonds. The van der Waals surface area contributed by atoms with Gasteiger partial charge in [0, 0.05) is 11.1 Å². The van der Waals surface area contributed by atoms with Crippen LogP contribution in [0.25, 0.3) is 0 Å². The first-order valence-electron chi connectivity index (χ1n) is 7.65. The number of hydrogen-bond acceptors (Lipinski definition) is 2. The van der Waals surface area contributed by atoms with Crippen LogP contribution in [0.15, 0.2) is 12.1 Å². The van der Waals surface area contributed by atoms with Gasteiger partial charge < -0.3 is 9.84 Å². The van der Waals surface area contributed by atoms with E-state index in [0.717, 1.165) is 35.3 Å². The van der Waals surface area contributed by atoms with Crippen LogP contribution >= 0.6 is 0 Å². The number of ether oxygens (including phenoxy) is 1. The highest BCUT2D eigenvalue weighted by Gasteiger charge is 2.45. The Morgan fingerprint density at radius 2 is 1.81 bits per heavy atom. The molecule has 0 bridgehead atoms. The fourth-order valence-corrected chi connectivity index (χ4v) is 3.48. The molecule has 116 valence electrons. The molecule has 21 heavy (non-hydrogen) atoms. The van der Waals surface area contributed by atoms with Crippen LogP contribution < -0.4 is 4.74 Å². The standard InChI is InChI=1S/C18H26O3/c1-12-10-13(17(2,3)4)15(21-5)14(11-12)18(16(19)20)8-6-7-9-18/h10-11H,6-9H2,1-5H3,(H,19,20). The quantitative estimate of drug-likeness (QED) is 0.907. The highest BCUT2D eigenvalue weighted by atomic mass is 16.5. The van der Waals surface area contributed by atoms with Gasteiger partial charge in [0.15, 0.2) is 0 Å². The third-order valence-corrected chi connectivity index (χ3v) is 4.63. The second-order valence-corrected chi connectivity index (χ2v) is 7.24. The van der Waals surface area contributed by atoms with E-state index < -0.39 is 11.4 Å². The zero-order valence-electron chi connectivity index (χ0n) is 13.7. The molecule has 0 atom stereocenters. The van der Waals surface area contributed by atoms with E-state index in [9.17, 15) is 9.90 Å². The Morgan fingerprint density at radius 3 is 2.24 bits per heavy atom. The van der Waals surface area contributed by atoms with E-state index in [1.165, 1.54) is 0 Å². The summed E-state index contributed by atoms with van der Waals surface area (Å²) in [4.78, 5) is 12.0. The summed E-state index contributed by atoms with van der Waals surface area (Å²) < 4.78 is 5.68. The first-order valence-corrected chi connectivity index (χ1v) is 7.65. The molecule has 0 saturated heterocycles. The first-order chi connectivity index (χ1) is 9.72. The monoisotopic (exact) mass is 290 g/mol. The van der Waals surface area contributed by atoms with Crippen molar-refractivity contribution in [2.75, 3.05) is 7.11 Å². The number of rotatable bonds is 3. The fourth-order valence-electron chi connectivity index (χ4n) is 3.48. The lowest BCUT2D eigenvalue weighted by Crippen LogP contribution is -2.34. The van der Waals surface area contributed by atoms with Crippen molar-refractivity contribution in [2.45, 2.75) is 64.2 Å². The molecule has 0 radical (unpaired) electrons. The van der Waals surface area contributed by atoms with E-state index >= 15 is 0 Å². The lowest BCUT2D eigenvalue weighted by molar-refractivity contribution is -0.143. The summed E-state index contributed by atoms with van der Waals surface area (Å²) >= 11 is 0. The average molecular weight is 290 g/mol. The van der Waals surface area contributed by atoms with E-state index in [-0.39, 0.29) is 5.41 Å². The molecule has 0 unspecified atom stereocenters. The van der Waals surface area contributed by atoms with Crippen LogP contribution in [0, 0.1) is 6.92 Å². The summed E-state index contributed by atoms with van der Waals surface area (Å²) in [6, 6.07) is 4.13. The number of methoxy groups -OCH3 is 1. The largest absolute Gasteiger partial charge is 0.496 e. The second-order valence-electron chi connectivity index (χ2n) is 7.24. The van der Waals surface area contributed by atoms with Crippen LogP contribution in [0.3, 0.4) is 0 Å². The van der Waals surface area contributed by atoms with Gasteiger partial charge in [0.05, 0.1) is 12.5 Å². The molecule has 0 aromatic heterocycles. The Labute approximate surface area is 127 Å². The van der Waals surface area contributed by atoms with Crippen LogP contribution in [0.4, 0.5) is 0 Å². The lowest BCUT2D eigenvalue weighted by atomic mass is 9.74. The van der Waals surface area contributed by atoms with E-state index in [0.29, 0.717) is 12.8 Å². The number of carboxylic acids is 1. The Balaban J connectivity index is 2.74. The number of benzene rings is 1. The van der Waals surface area contributed by atoms with E-state index in [1.54, 1.807) is 7.11 Å². The van der Waals surface area contributed by atoms with E-state index in [4.69, 9.17) is 4.74 Å². The van der Waals surface area contributed by atoms with Gasteiger partial charge in [0.1, 0.15) is 5.75 Å². The number of carboxylic acid groups (broad SMARTS) is 1. The van der Waals surface area contributed by atoms with Gasteiger partial charge in [-0.2, -0.15) is 0 Å². The van der Waals surface area contributed by atoms with Crippen molar-refractivity contribution in [3.05, 3.63) is 28.8 Å². The summed E-state index contributed by atoms with van der Waals surface area (Å²) in [7, 11) is 1.65. The number of hydrogen-bond donors (Lipinski definition) is 1. The lowest BCUT2D eigenvalue weighted by Gasteiger charge is -2.31. The van der Waals surface area contributed by atoms with Crippen molar-refractivity contribution in [1.29, 1.82) is 0 Å². The van der Waals surface area contributed by atoms with Crippen molar-refractivity contribution in [3.8, 4) is 5.75 Å². The van der Waals surface area contributed by atoms with Gasteiger partial charge in [-0.15, -0.1) is 0 Å². The van der Waals surface area contributed by atoms with Crippen LogP contribution in [0.2, 0.25) is 0 Å². The fraction of sp³-hybridized carbons (Fsp3) is 0.611. The van der Waals surface area contributed by atoms with Gasteiger partial charge in [-0.25, -0.2) is 0 Å². The van der Waals surface area contributed by atoms with Gasteiger partial charge in [-0.3, -0.25) is 4.79 Å². The highest BCUT2D eigenvalue weighted by molar-refractivity contribution is 5.83. The summed E-state index contributed by atoms with van der Waals surface area (Å²) in [6.07, 6.45) is 3.33. The van der Waals surface area contributed by atoms with E-state index in [2.05, 4.69) is 26.8 Å². The molecule has 1 N–H and O–H groups in total. The molecule has 1 aliphatic carbocycles. The number of aryl methyl sites for hydroxylation is 1. The third kappa shape index (κ3) is 2.66. The predicted octanol–water partition coefficient (Wildman–Crippen LogP) is 4.20. The van der Waals surface area contributed by atoms with Gasteiger partial charge in [0.2, 0.25) is 0 Å². The number of carbonyl (C=O) groups is 1. The van der Waals surface area contributed by atoms with Crippen molar-refractivity contribution >= 4 is 5.97 Å². The van der Waals surface area contributed by atoms with Crippen molar-refractivity contribution in [1.82, 2.24) is 0 Å². The minimum Gasteiger partial charge on any atom is -0.496 e. The predicted molar refractivity (Wildman–Crippen MR) is 84.2 cm³/mol. The summed E-state index contributed by atoms with van der Waals surface area (Å²) in [5, 5.41) is 9.87. The maximum atomic E-state index is 12.0. The zero-order chi connectivity index (χ0) is 15.8. The Morgan fingerprint density at radius 1 is 1.24 bits per heavy atom. The van der Waals surface area contributed by atoms with Gasteiger partial charge >= 0.3 is 5.97 Å². The van der Waals surface area contributed by atoms with Crippen LogP contribution in [0.1, 0.15) is 63.1 Å². The topological polar surface area (TPSA) is 46.5 Å². The molecule has 3 nitrogen and oxygen atoms in total.